The number of urea groups is 1. The van der Waals surface area contributed by atoms with Crippen molar-refractivity contribution in [3.8, 4) is 0 Å². The fraction of sp³-hybridized carbons (Fsp3) is 0.667. The summed E-state index contributed by atoms with van der Waals surface area (Å²) in [7, 11) is 1.37. The number of carboxylic acid groups (broad SMARTS) is 1. The normalized spacial score (nSPS) is 11.6. The Morgan fingerprint density at radius 3 is 2.38 bits per heavy atom. The third kappa shape index (κ3) is 5.18. The van der Waals surface area contributed by atoms with Gasteiger partial charge in [0.1, 0.15) is 12.6 Å². The highest BCUT2D eigenvalue weighted by Crippen LogP contribution is 1.98. The lowest BCUT2D eigenvalue weighted by Crippen LogP contribution is -2.48. The van der Waals surface area contributed by atoms with Crippen LogP contribution in [-0.2, 0) is 9.59 Å². The number of nitrogens with zero attached hydrogens (tertiary/aromatic N) is 1. The van der Waals surface area contributed by atoms with Gasteiger partial charge in [-0.25, -0.2) is 9.59 Å². The third-order valence-corrected chi connectivity index (χ3v) is 1.91. The number of carbonyl (C=O) groups is 3. The van der Waals surface area contributed by atoms with Gasteiger partial charge in [-0.2, -0.15) is 0 Å². The van der Waals surface area contributed by atoms with Crippen molar-refractivity contribution in [1.82, 2.24) is 10.2 Å². The fourth-order valence-electron chi connectivity index (χ4n) is 1.11. The van der Waals surface area contributed by atoms with Gasteiger partial charge in [0.25, 0.3) is 0 Å². The van der Waals surface area contributed by atoms with Gasteiger partial charge in [0.15, 0.2) is 0 Å². The zero-order valence-electron chi connectivity index (χ0n) is 9.40. The van der Waals surface area contributed by atoms with E-state index in [4.69, 9.17) is 10.8 Å². The van der Waals surface area contributed by atoms with E-state index in [1.54, 1.807) is 0 Å². The van der Waals surface area contributed by atoms with E-state index in [0.717, 1.165) is 4.90 Å². The molecule has 0 aromatic heterocycles. The van der Waals surface area contributed by atoms with Gasteiger partial charge < -0.3 is 21.1 Å². The Kier molecular flexibility index (Phi) is 5.91. The lowest BCUT2D eigenvalue weighted by molar-refractivity contribution is -0.139. The molecule has 0 heterocycles. The molecule has 0 saturated heterocycles. The van der Waals surface area contributed by atoms with Gasteiger partial charge in [-0.3, -0.25) is 4.79 Å². The zero-order valence-corrected chi connectivity index (χ0v) is 9.40. The van der Waals surface area contributed by atoms with Gasteiger partial charge in [-0.15, -0.1) is 0 Å². The molecule has 7 heteroatoms. The molecular formula is C9H17N3O4. The van der Waals surface area contributed by atoms with E-state index in [1.165, 1.54) is 7.05 Å². The number of carboxylic acids is 1. The monoisotopic (exact) mass is 231 g/mol. The number of amides is 3. The second kappa shape index (κ2) is 6.65. The van der Waals surface area contributed by atoms with Crippen molar-refractivity contribution in [2.75, 3.05) is 13.6 Å². The van der Waals surface area contributed by atoms with E-state index in [9.17, 15) is 14.4 Å². The molecule has 7 nitrogen and oxygen atoms in total. The number of hydrogen-bond donors (Lipinski definition) is 3. The highest BCUT2D eigenvalue weighted by Gasteiger charge is 2.21. The molecule has 3 amide bonds. The number of carbonyl (C=O) groups excluding carboxylic acids is 2. The number of likely N-dealkylation sites (N-methyl/N-ethyl adjacent to an activating group) is 1. The number of aliphatic carboxylic acids is 1. The van der Waals surface area contributed by atoms with Gasteiger partial charge in [0, 0.05) is 7.05 Å². The molecule has 0 saturated carbocycles. The quantitative estimate of drug-likeness (QED) is 0.564. The molecule has 1 atom stereocenters. The topological polar surface area (TPSA) is 113 Å². The average Bonchev–Trinajstić information content (AvgIpc) is 2.15. The molecule has 0 aliphatic carbocycles. The maximum absolute atomic E-state index is 11.4. The lowest BCUT2D eigenvalue weighted by atomic mass is 10.2. The molecule has 0 aromatic carbocycles. The van der Waals surface area contributed by atoms with Crippen LogP contribution in [0.5, 0.6) is 0 Å². The first-order valence-electron chi connectivity index (χ1n) is 4.91. The van der Waals surface area contributed by atoms with E-state index in [-0.39, 0.29) is 6.54 Å². The van der Waals surface area contributed by atoms with Crippen LogP contribution in [-0.4, -0.2) is 47.5 Å². The molecule has 0 fully saturated rings. The molecule has 0 radical (unpaired) electrons. The third-order valence-electron chi connectivity index (χ3n) is 1.91. The van der Waals surface area contributed by atoms with Crippen molar-refractivity contribution in [1.29, 1.82) is 0 Å². The lowest BCUT2D eigenvalue weighted by Gasteiger charge is -2.19. The summed E-state index contributed by atoms with van der Waals surface area (Å²) in [5, 5.41) is 11.1. The molecule has 0 bridgehead atoms. The molecule has 0 aromatic rings. The van der Waals surface area contributed by atoms with E-state index in [1.807, 2.05) is 6.92 Å². The number of primary amides is 1. The number of hydrogen-bond acceptors (Lipinski definition) is 3. The van der Waals surface area contributed by atoms with Crippen LogP contribution in [0.2, 0.25) is 0 Å². The summed E-state index contributed by atoms with van der Waals surface area (Å²) in [5.74, 6) is -1.75. The van der Waals surface area contributed by atoms with Crippen LogP contribution in [0.15, 0.2) is 0 Å². The van der Waals surface area contributed by atoms with E-state index >= 15 is 0 Å². The highest BCUT2D eigenvalue weighted by atomic mass is 16.4. The van der Waals surface area contributed by atoms with Crippen LogP contribution in [0.4, 0.5) is 4.79 Å². The van der Waals surface area contributed by atoms with Crippen LogP contribution >= 0.6 is 0 Å². The van der Waals surface area contributed by atoms with E-state index < -0.39 is 23.9 Å². The van der Waals surface area contributed by atoms with Crippen molar-refractivity contribution in [3.05, 3.63) is 0 Å². The molecule has 1 unspecified atom stereocenters. The maximum Gasteiger partial charge on any atom is 0.326 e. The Morgan fingerprint density at radius 2 is 2.00 bits per heavy atom. The standard InChI is InChI=1S/C9H17N3O4/c1-3-4-6(8(14)15)11-9(16)12(2)5-7(10)13/h6H,3-5H2,1-2H3,(H2,10,13)(H,11,16)(H,14,15). The summed E-state index contributed by atoms with van der Waals surface area (Å²) in [6.07, 6.45) is 0.974. The molecule has 0 spiro atoms. The minimum absolute atomic E-state index is 0.246. The van der Waals surface area contributed by atoms with Crippen molar-refractivity contribution < 1.29 is 19.5 Å². The molecule has 92 valence electrons. The minimum atomic E-state index is -1.09. The smallest absolute Gasteiger partial charge is 0.326 e. The van der Waals surface area contributed by atoms with E-state index in [2.05, 4.69) is 5.32 Å². The van der Waals surface area contributed by atoms with Gasteiger partial charge in [-0.05, 0) is 6.42 Å². The summed E-state index contributed by atoms with van der Waals surface area (Å²) >= 11 is 0. The van der Waals surface area contributed by atoms with Crippen LogP contribution in [0.1, 0.15) is 19.8 Å². The maximum atomic E-state index is 11.4. The number of nitrogens with two attached hydrogens (primary N) is 1. The largest absolute Gasteiger partial charge is 0.480 e. The van der Waals surface area contributed by atoms with Crippen LogP contribution in [0, 0.1) is 0 Å². The molecule has 0 rings (SSSR count). The molecule has 16 heavy (non-hydrogen) atoms. The minimum Gasteiger partial charge on any atom is -0.480 e. The number of nitrogens with one attached hydrogen (secondary N) is 1. The summed E-state index contributed by atoms with van der Waals surface area (Å²) in [6.45, 7) is 1.57. The van der Waals surface area contributed by atoms with Gasteiger partial charge >= 0.3 is 12.0 Å². The first-order valence-corrected chi connectivity index (χ1v) is 4.91. The zero-order chi connectivity index (χ0) is 12.7. The highest BCUT2D eigenvalue weighted by molar-refractivity contribution is 5.85. The molecular weight excluding hydrogens is 214 g/mol. The summed E-state index contributed by atoms with van der Waals surface area (Å²) in [5.41, 5.74) is 4.90. The second-order valence-electron chi connectivity index (χ2n) is 3.45. The number of rotatable bonds is 6. The Hall–Kier alpha value is -1.79. The van der Waals surface area contributed by atoms with Gasteiger partial charge in [0.2, 0.25) is 5.91 Å². The summed E-state index contributed by atoms with van der Waals surface area (Å²) in [4.78, 5) is 33.7. The van der Waals surface area contributed by atoms with E-state index in [0.29, 0.717) is 12.8 Å². The Balaban J connectivity index is 4.28. The average molecular weight is 231 g/mol. The van der Waals surface area contributed by atoms with Crippen molar-refractivity contribution in [2.24, 2.45) is 5.73 Å². The molecule has 4 N–H and O–H groups in total. The molecule has 0 aliphatic rings. The summed E-state index contributed by atoms with van der Waals surface area (Å²) < 4.78 is 0. The van der Waals surface area contributed by atoms with Crippen molar-refractivity contribution in [3.63, 3.8) is 0 Å². The van der Waals surface area contributed by atoms with Crippen molar-refractivity contribution >= 4 is 17.9 Å². The van der Waals surface area contributed by atoms with Crippen LogP contribution in [0.25, 0.3) is 0 Å². The first kappa shape index (κ1) is 14.2. The Bertz CT molecular complexity index is 280. The Labute approximate surface area is 93.6 Å². The Morgan fingerprint density at radius 1 is 1.44 bits per heavy atom. The van der Waals surface area contributed by atoms with Gasteiger partial charge in [-0.1, -0.05) is 13.3 Å². The summed E-state index contributed by atoms with van der Waals surface area (Å²) in [6, 6.07) is -1.56. The predicted molar refractivity (Wildman–Crippen MR) is 56.7 cm³/mol. The van der Waals surface area contributed by atoms with Crippen LogP contribution < -0.4 is 11.1 Å². The van der Waals surface area contributed by atoms with Gasteiger partial charge in [0.05, 0.1) is 0 Å². The SMILES string of the molecule is CCCC(NC(=O)N(C)CC(N)=O)C(=O)O. The fourth-order valence-corrected chi connectivity index (χ4v) is 1.11. The van der Waals surface area contributed by atoms with Crippen molar-refractivity contribution in [2.45, 2.75) is 25.8 Å². The van der Waals surface area contributed by atoms with Crippen LogP contribution in [0.3, 0.4) is 0 Å². The first-order chi connectivity index (χ1) is 7.38. The second-order valence-corrected chi connectivity index (χ2v) is 3.45. The predicted octanol–water partition coefficient (Wildman–Crippen LogP) is -0.634. The molecule has 0 aliphatic heterocycles.